The molecule has 0 amide bonds. The first-order valence-corrected chi connectivity index (χ1v) is 15.8. The molecule has 4 heteroatoms. The normalized spacial score (nSPS) is 19.0. The van der Waals surface area contributed by atoms with Crippen molar-refractivity contribution in [3.05, 3.63) is 59.2 Å². The number of hydrogen-bond acceptors (Lipinski definition) is 4. The van der Waals surface area contributed by atoms with Crippen LogP contribution in [0.2, 0.25) is 0 Å². The van der Waals surface area contributed by atoms with Crippen molar-refractivity contribution < 1.29 is 19.7 Å². The molecule has 0 radical (unpaired) electrons. The number of hydrogen-bond donors (Lipinski definition) is 2. The summed E-state index contributed by atoms with van der Waals surface area (Å²) < 4.78 is 12.6. The lowest BCUT2D eigenvalue weighted by atomic mass is 9.75. The molecule has 39 heavy (non-hydrogen) atoms. The van der Waals surface area contributed by atoms with Gasteiger partial charge >= 0.3 is 0 Å². The Balaban J connectivity index is 1.51. The van der Waals surface area contributed by atoms with Gasteiger partial charge in [-0.3, -0.25) is 0 Å². The number of ether oxygens (including phenoxy) is 2. The van der Waals surface area contributed by atoms with Crippen LogP contribution in [0.4, 0.5) is 0 Å². The molecule has 3 rings (SSSR count). The molecular weight excluding hydrogens is 484 g/mol. The molecule has 1 saturated carbocycles. The van der Waals surface area contributed by atoms with Gasteiger partial charge in [-0.05, 0) is 106 Å². The predicted octanol–water partition coefficient (Wildman–Crippen LogP) is 8.86. The van der Waals surface area contributed by atoms with Crippen molar-refractivity contribution in [3.63, 3.8) is 0 Å². The summed E-state index contributed by atoms with van der Waals surface area (Å²) >= 11 is 0. The monoisotopic (exact) mass is 538 g/mol. The molecule has 0 bridgehead atoms. The summed E-state index contributed by atoms with van der Waals surface area (Å²) in [6.45, 7) is 7.81. The quantitative estimate of drug-likeness (QED) is 0.186. The third-order valence-corrected chi connectivity index (χ3v) is 8.42. The molecule has 4 nitrogen and oxygen atoms in total. The van der Waals surface area contributed by atoms with Gasteiger partial charge in [0, 0.05) is 0 Å². The second-order valence-electron chi connectivity index (χ2n) is 11.7. The number of aliphatic hydroxyl groups is 2. The van der Waals surface area contributed by atoms with Crippen LogP contribution in [-0.2, 0) is 0 Å². The minimum Gasteiger partial charge on any atom is -0.493 e. The Bertz CT molecular complexity index is 934. The molecule has 0 saturated heterocycles. The highest BCUT2D eigenvalue weighted by atomic mass is 16.5. The van der Waals surface area contributed by atoms with Crippen LogP contribution in [-0.4, -0.2) is 35.6 Å². The van der Waals surface area contributed by atoms with E-state index in [1.54, 1.807) is 0 Å². The summed E-state index contributed by atoms with van der Waals surface area (Å²) in [4.78, 5) is 0. The van der Waals surface area contributed by atoms with Gasteiger partial charge in [0.05, 0.1) is 25.4 Å². The third kappa shape index (κ3) is 10.5. The topological polar surface area (TPSA) is 58.9 Å². The fourth-order valence-corrected chi connectivity index (χ4v) is 6.02. The van der Waals surface area contributed by atoms with Crippen molar-refractivity contribution in [3.8, 4) is 11.5 Å². The van der Waals surface area contributed by atoms with Crippen molar-refractivity contribution in [2.45, 2.75) is 135 Å². The first-order valence-electron chi connectivity index (χ1n) is 15.8. The van der Waals surface area contributed by atoms with E-state index in [2.05, 4.69) is 63.2 Å². The minimum absolute atomic E-state index is 0.202. The molecule has 2 aromatic carbocycles. The van der Waals surface area contributed by atoms with Gasteiger partial charge in [-0.2, -0.15) is 0 Å². The van der Waals surface area contributed by atoms with E-state index in [4.69, 9.17) is 9.47 Å². The highest BCUT2D eigenvalue weighted by Gasteiger charge is 2.27. The van der Waals surface area contributed by atoms with Crippen LogP contribution < -0.4 is 9.47 Å². The number of benzene rings is 2. The number of para-hydroxylation sites is 2. The standard InChI is InChI=1S/C35H54O4/c1-4-6-14-30(36)16-11-25-38-34-20-9-8-18-32(34)28-21-23-29(24-22-28)33-19-10-13-27(3)35(33)39-26-12-17-31(37)15-7-5-2/h8-10,13,18-20,28-31,36-37H,4-7,11-12,14-17,21-26H2,1-3H3. The largest absolute Gasteiger partial charge is 0.493 e. The van der Waals surface area contributed by atoms with Gasteiger partial charge in [-0.25, -0.2) is 0 Å². The van der Waals surface area contributed by atoms with E-state index in [0.29, 0.717) is 25.0 Å². The second kappa shape index (κ2) is 17.6. The Labute approximate surface area is 238 Å². The zero-order valence-corrected chi connectivity index (χ0v) is 24.9. The molecule has 1 fully saturated rings. The van der Waals surface area contributed by atoms with Gasteiger partial charge in [0.25, 0.3) is 0 Å². The Morgan fingerprint density at radius 1 is 0.667 bits per heavy atom. The Morgan fingerprint density at radius 2 is 1.18 bits per heavy atom. The van der Waals surface area contributed by atoms with E-state index in [0.717, 1.165) is 101 Å². The summed E-state index contributed by atoms with van der Waals surface area (Å²) in [6.07, 6.45) is 13.8. The van der Waals surface area contributed by atoms with Crippen molar-refractivity contribution in [1.29, 1.82) is 0 Å². The van der Waals surface area contributed by atoms with Crippen LogP contribution in [0.15, 0.2) is 42.5 Å². The number of rotatable bonds is 18. The summed E-state index contributed by atoms with van der Waals surface area (Å²) in [5.74, 6) is 3.12. The van der Waals surface area contributed by atoms with Crippen LogP contribution in [0.5, 0.6) is 11.5 Å². The van der Waals surface area contributed by atoms with Crippen molar-refractivity contribution in [1.82, 2.24) is 0 Å². The van der Waals surface area contributed by atoms with Crippen LogP contribution in [0, 0.1) is 6.92 Å². The molecule has 2 atom stereocenters. The van der Waals surface area contributed by atoms with Crippen molar-refractivity contribution in [2.24, 2.45) is 0 Å². The maximum atomic E-state index is 10.2. The summed E-state index contributed by atoms with van der Waals surface area (Å²) in [7, 11) is 0. The van der Waals surface area contributed by atoms with Crippen molar-refractivity contribution in [2.75, 3.05) is 13.2 Å². The first kappa shape index (κ1) is 31.5. The van der Waals surface area contributed by atoms with Gasteiger partial charge in [0.15, 0.2) is 0 Å². The van der Waals surface area contributed by atoms with Crippen molar-refractivity contribution >= 4 is 0 Å². The molecule has 0 aliphatic heterocycles. The average Bonchev–Trinajstić information content (AvgIpc) is 2.96. The summed E-state index contributed by atoms with van der Waals surface area (Å²) in [5.41, 5.74) is 3.90. The van der Waals surface area contributed by atoms with E-state index in [1.165, 1.54) is 16.7 Å². The summed E-state index contributed by atoms with van der Waals surface area (Å²) in [6, 6.07) is 15.1. The molecule has 2 unspecified atom stereocenters. The van der Waals surface area contributed by atoms with Gasteiger partial charge in [0.2, 0.25) is 0 Å². The number of aryl methyl sites for hydroxylation is 1. The molecule has 0 aromatic heterocycles. The maximum absolute atomic E-state index is 10.2. The van der Waals surface area contributed by atoms with Crippen LogP contribution >= 0.6 is 0 Å². The maximum Gasteiger partial charge on any atom is 0.125 e. The van der Waals surface area contributed by atoms with E-state index < -0.39 is 0 Å². The Kier molecular flexibility index (Phi) is 14.2. The average molecular weight is 539 g/mol. The van der Waals surface area contributed by atoms with E-state index >= 15 is 0 Å². The number of unbranched alkanes of at least 4 members (excludes halogenated alkanes) is 2. The van der Waals surface area contributed by atoms with E-state index in [1.807, 2.05) is 0 Å². The molecule has 2 N–H and O–H groups in total. The molecule has 1 aliphatic carbocycles. The van der Waals surface area contributed by atoms with Gasteiger partial charge < -0.3 is 19.7 Å². The van der Waals surface area contributed by atoms with E-state index in [-0.39, 0.29) is 12.2 Å². The SMILES string of the molecule is CCCCC(O)CCCOc1ccccc1C1CCC(c2cccc(C)c2OCCCC(O)CCCC)CC1. The second-order valence-corrected chi connectivity index (χ2v) is 11.7. The number of aliphatic hydroxyl groups excluding tert-OH is 2. The lowest BCUT2D eigenvalue weighted by Gasteiger charge is -2.31. The molecule has 2 aromatic rings. The zero-order chi connectivity index (χ0) is 27.9. The fourth-order valence-electron chi connectivity index (χ4n) is 6.02. The van der Waals surface area contributed by atoms with Gasteiger partial charge in [-0.1, -0.05) is 75.9 Å². The highest BCUT2D eigenvalue weighted by molar-refractivity contribution is 5.44. The van der Waals surface area contributed by atoms with Crippen LogP contribution in [0.1, 0.15) is 132 Å². The van der Waals surface area contributed by atoms with Crippen LogP contribution in [0.25, 0.3) is 0 Å². The molecular formula is C35H54O4. The Hall–Kier alpha value is -2.04. The molecule has 218 valence electrons. The molecule has 0 heterocycles. The zero-order valence-electron chi connectivity index (χ0n) is 24.9. The molecule has 1 aliphatic rings. The lowest BCUT2D eigenvalue weighted by molar-refractivity contribution is 0.140. The smallest absolute Gasteiger partial charge is 0.125 e. The summed E-state index contributed by atoms with van der Waals surface area (Å²) in [5, 5.41) is 20.3. The predicted molar refractivity (Wildman–Crippen MR) is 162 cm³/mol. The van der Waals surface area contributed by atoms with Crippen LogP contribution in [0.3, 0.4) is 0 Å². The van der Waals surface area contributed by atoms with Gasteiger partial charge in [-0.15, -0.1) is 0 Å². The lowest BCUT2D eigenvalue weighted by Crippen LogP contribution is -2.15. The van der Waals surface area contributed by atoms with Gasteiger partial charge in [0.1, 0.15) is 11.5 Å². The first-order chi connectivity index (χ1) is 19.0. The minimum atomic E-state index is -0.204. The highest BCUT2D eigenvalue weighted by Crippen LogP contribution is 2.45. The Morgan fingerprint density at radius 3 is 1.79 bits per heavy atom. The van der Waals surface area contributed by atoms with E-state index in [9.17, 15) is 10.2 Å². The third-order valence-electron chi connectivity index (χ3n) is 8.42. The molecule has 0 spiro atoms. The fraction of sp³-hybridized carbons (Fsp3) is 0.657.